The third-order valence-electron chi connectivity index (χ3n) is 3.72. The molecule has 2 amide bonds. The number of ether oxygens (including phenoxy) is 1. The van der Waals surface area contributed by atoms with Gasteiger partial charge in [0.05, 0.1) is 6.04 Å². The maximum absolute atomic E-state index is 12.1. The van der Waals surface area contributed by atoms with Gasteiger partial charge in [0.15, 0.2) is 6.61 Å². The molecule has 0 unspecified atom stereocenters. The number of hydrogen-bond donors (Lipinski definition) is 1. The Morgan fingerprint density at radius 1 is 1.14 bits per heavy atom. The summed E-state index contributed by atoms with van der Waals surface area (Å²) >= 11 is 0. The molecule has 0 radical (unpaired) electrons. The SMILES string of the molecule is Cc1ccc(OCC(=O)N2CCN(C(=O)[C@@H](C)N)CC2)cc1. The van der Waals surface area contributed by atoms with Crippen LogP contribution >= 0.6 is 0 Å². The van der Waals surface area contributed by atoms with E-state index in [-0.39, 0.29) is 18.4 Å². The maximum atomic E-state index is 12.1. The average Bonchev–Trinajstić information content (AvgIpc) is 2.53. The van der Waals surface area contributed by atoms with Crippen molar-refractivity contribution in [2.75, 3.05) is 32.8 Å². The van der Waals surface area contributed by atoms with E-state index in [1.807, 2.05) is 31.2 Å². The summed E-state index contributed by atoms with van der Waals surface area (Å²) in [6.45, 7) is 5.79. The topological polar surface area (TPSA) is 75.9 Å². The molecule has 6 heteroatoms. The second-order valence-electron chi connectivity index (χ2n) is 5.60. The van der Waals surface area contributed by atoms with Crippen molar-refractivity contribution in [2.45, 2.75) is 19.9 Å². The normalized spacial score (nSPS) is 16.3. The van der Waals surface area contributed by atoms with Crippen molar-refractivity contribution in [3.05, 3.63) is 29.8 Å². The summed E-state index contributed by atoms with van der Waals surface area (Å²) in [6.07, 6.45) is 0. The van der Waals surface area contributed by atoms with E-state index in [0.29, 0.717) is 31.9 Å². The molecule has 0 spiro atoms. The fraction of sp³-hybridized carbons (Fsp3) is 0.500. The summed E-state index contributed by atoms with van der Waals surface area (Å²) in [6, 6.07) is 7.09. The molecular weight excluding hydrogens is 282 g/mol. The van der Waals surface area contributed by atoms with E-state index in [0.717, 1.165) is 5.56 Å². The Bertz CT molecular complexity index is 520. The van der Waals surface area contributed by atoms with E-state index in [1.165, 1.54) is 0 Å². The molecule has 0 aromatic heterocycles. The predicted octanol–water partition coefficient (Wildman–Crippen LogP) is 0.392. The quantitative estimate of drug-likeness (QED) is 0.873. The van der Waals surface area contributed by atoms with Gasteiger partial charge < -0.3 is 20.3 Å². The summed E-state index contributed by atoms with van der Waals surface area (Å²) in [5.41, 5.74) is 6.74. The van der Waals surface area contributed by atoms with Crippen LogP contribution in [-0.2, 0) is 9.59 Å². The van der Waals surface area contributed by atoms with Gasteiger partial charge in [0.25, 0.3) is 5.91 Å². The van der Waals surface area contributed by atoms with Crippen LogP contribution in [-0.4, -0.2) is 60.4 Å². The van der Waals surface area contributed by atoms with Gasteiger partial charge in [-0.3, -0.25) is 9.59 Å². The molecule has 1 atom stereocenters. The fourth-order valence-electron chi connectivity index (χ4n) is 2.34. The number of nitrogens with zero attached hydrogens (tertiary/aromatic N) is 2. The maximum Gasteiger partial charge on any atom is 0.260 e. The highest BCUT2D eigenvalue weighted by molar-refractivity contribution is 5.82. The van der Waals surface area contributed by atoms with Gasteiger partial charge >= 0.3 is 0 Å². The van der Waals surface area contributed by atoms with Gasteiger partial charge in [-0.05, 0) is 26.0 Å². The Labute approximate surface area is 130 Å². The van der Waals surface area contributed by atoms with Crippen molar-refractivity contribution < 1.29 is 14.3 Å². The van der Waals surface area contributed by atoms with E-state index in [4.69, 9.17) is 10.5 Å². The number of aryl methyl sites for hydroxylation is 1. The second kappa shape index (κ2) is 7.26. The number of nitrogens with two attached hydrogens (primary N) is 1. The molecule has 1 aliphatic rings. The van der Waals surface area contributed by atoms with Crippen LogP contribution in [0.3, 0.4) is 0 Å². The van der Waals surface area contributed by atoms with Gasteiger partial charge in [0.1, 0.15) is 5.75 Å². The minimum absolute atomic E-state index is 0.0182. The van der Waals surface area contributed by atoms with Gasteiger partial charge in [0, 0.05) is 26.2 Å². The van der Waals surface area contributed by atoms with Gasteiger partial charge in [-0.2, -0.15) is 0 Å². The van der Waals surface area contributed by atoms with Gasteiger partial charge in [-0.15, -0.1) is 0 Å². The zero-order valence-corrected chi connectivity index (χ0v) is 13.1. The molecule has 2 rings (SSSR count). The first-order valence-corrected chi connectivity index (χ1v) is 7.49. The largest absolute Gasteiger partial charge is 0.484 e. The molecule has 2 N–H and O–H groups in total. The lowest BCUT2D eigenvalue weighted by atomic mass is 10.2. The molecule has 1 aromatic carbocycles. The molecule has 1 fully saturated rings. The Morgan fingerprint density at radius 2 is 1.68 bits per heavy atom. The van der Waals surface area contributed by atoms with E-state index >= 15 is 0 Å². The van der Waals surface area contributed by atoms with Crippen molar-refractivity contribution in [2.24, 2.45) is 5.73 Å². The molecule has 0 saturated carbocycles. The van der Waals surface area contributed by atoms with E-state index in [2.05, 4.69) is 0 Å². The molecule has 22 heavy (non-hydrogen) atoms. The second-order valence-corrected chi connectivity index (χ2v) is 5.60. The minimum atomic E-state index is -0.493. The highest BCUT2D eigenvalue weighted by atomic mass is 16.5. The van der Waals surface area contributed by atoms with Crippen LogP contribution in [0.4, 0.5) is 0 Å². The number of carbonyl (C=O) groups excluding carboxylic acids is 2. The van der Waals surface area contributed by atoms with Crippen LogP contribution < -0.4 is 10.5 Å². The number of rotatable bonds is 4. The summed E-state index contributed by atoms with van der Waals surface area (Å²) in [4.78, 5) is 27.3. The lowest BCUT2D eigenvalue weighted by molar-refractivity contribution is -0.141. The fourth-order valence-corrected chi connectivity index (χ4v) is 2.34. The van der Waals surface area contributed by atoms with Gasteiger partial charge in [-0.25, -0.2) is 0 Å². The van der Waals surface area contributed by atoms with E-state index in [1.54, 1.807) is 16.7 Å². The molecular formula is C16H23N3O3. The third-order valence-corrected chi connectivity index (χ3v) is 3.72. The zero-order valence-electron chi connectivity index (χ0n) is 13.1. The molecule has 1 heterocycles. The van der Waals surface area contributed by atoms with Crippen molar-refractivity contribution in [1.29, 1.82) is 0 Å². The van der Waals surface area contributed by atoms with Crippen LogP contribution in [0.2, 0.25) is 0 Å². The first-order chi connectivity index (χ1) is 10.5. The number of hydrogen-bond acceptors (Lipinski definition) is 4. The van der Waals surface area contributed by atoms with Crippen LogP contribution in [0.1, 0.15) is 12.5 Å². The minimum Gasteiger partial charge on any atom is -0.484 e. The lowest BCUT2D eigenvalue weighted by Crippen LogP contribution is -2.54. The first kappa shape index (κ1) is 16.3. The van der Waals surface area contributed by atoms with Crippen LogP contribution in [0.25, 0.3) is 0 Å². The third kappa shape index (κ3) is 4.21. The van der Waals surface area contributed by atoms with Crippen LogP contribution in [0.15, 0.2) is 24.3 Å². The molecule has 0 aliphatic carbocycles. The van der Waals surface area contributed by atoms with Crippen molar-refractivity contribution in [1.82, 2.24) is 9.80 Å². The first-order valence-electron chi connectivity index (χ1n) is 7.49. The van der Waals surface area contributed by atoms with Gasteiger partial charge in [0.2, 0.25) is 5.91 Å². The van der Waals surface area contributed by atoms with E-state index < -0.39 is 6.04 Å². The molecule has 0 bridgehead atoms. The monoisotopic (exact) mass is 305 g/mol. The summed E-state index contributed by atoms with van der Waals surface area (Å²) < 4.78 is 5.50. The summed E-state index contributed by atoms with van der Waals surface area (Å²) in [7, 11) is 0. The number of piperazine rings is 1. The number of carbonyl (C=O) groups is 2. The van der Waals surface area contributed by atoms with Crippen molar-refractivity contribution in [3.8, 4) is 5.75 Å². The lowest BCUT2D eigenvalue weighted by Gasteiger charge is -2.35. The highest BCUT2D eigenvalue weighted by Gasteiger charge is 2.25. The molecule has 6 nitrogen and oxygen atoms in total. The smallest absolute Gasteiger partial charge is 0.260 e. The molecule has 1 aliphatic heterocycles. The standard InChI is InChI=1S/C16H23N3O3/c1-12-3-5-14(6-4-12)22-11-15(20)18-7-9-19(10-8-18)16(21)13(2)17/h3-6,13H,7-11,17H2,1-2H3/t13-/m1/s1. The summed E-state index contributed by atoms with van der Waals surface area (Å²) in [5, 5.41) is 0. The van der Waals surface area contributed by atoms with Crippen LogP contribution in [0.5, 0.6) is 5.75 Å². The van der Waals surface area contributed by atoms with Crippen LogP contribution in [0, 0.1) is 6.92 Å². The Morgan fingerprint density at radius 3 is 2.23 bits per heavy atom. The Balaban J connectivity index is 1.77. The van der Waals surface area contributed by atoms with Crippen molar-refractivity contribution >= 4 is 11.8 Å². The molecule has 1 aromatic rings. The summed E-state index contributed by atoms with van der Waals surface area (Å²) in [5.74, 6) is 0.557. The predicted molar refractivity (Wildman–Crippen MR) is 83.5 cm³/mol. The molecule has 120 valence electrons. The van der Waals surface area contributed by atoms with Gasteiger partial charge in [-0.1, -0.05) is 17.7 Å². The van der Waals surface area contributed by atoms with Crippen molar-refractivity contribution in [3.63, 3.8) is 0 Å². The van der Waals surface area contributed by atoms with E-state index in [9.17, 15) is 9.59 Å². The number of benzene rings is 1. The zero-order chi connectivity index (χ0) is 16.1. The molecule has 1 saturated heterocycles. The average molecular weight is 305 g/mol. The number of amides is 2. The Hall–Kier alpha value is -2.08. The highest BCUT2D eigenvalue weighted by Crippen LogP contribution is 2.12. The Kier molecular flexibility index (Phi) is 5.38.